The number of thioether (sulfide) groups is 1. The Morgan fingerprint density at radius 1 is 1.38 bits per heavy atom. The van der Waals surface area contributed by atoms with Crippen molar-refractivity contribution in [3.63, 3.8) is 0 Å². The molecule has 2 rings (SSSR count). The summed E-state index contributed by atoms with van der Waals surface area (Å²) < 4.78 is 6.89. The molecule has 0 spiro atoms. The number of methoxy groups -OCH3 is 1. The van der Waals surface area contributed by atoms with Crippen LogP contribution in [-0.4, -0.2) is 34.4 Å². The highest BCUT2D eigenvalue weighted by molar-refractivity contribution is 8.01. The molecule has 0 aliphatic carbocycles. The van der Waals surface area contributed by atoms with Crippen molar-refractivity contribution in [3.8, 4) is 0 Å². The lowest BCUT2D eigenvalue weighted by Gasteiger charge is -2.10. The molecule has 0 amide bonds. The number of hydrogen-bond donors (Lipinski definition) is 0. The average molecular weight is 366 g/mol. The van der Waals surface area contributed by atoms with Gasteiger partial charge in [0.1, 0.15) is 5.25 Å². The summed E-state index contributed by atoms with van der Waals surface area (Å²) >= 11 is 3.07. The Balaban J connectivity index is 2.01. The van der Waals surface area contributed by atoms with E-state index in [-0.39, 0.29) is 22.8 Å². The minimum atomic E-state index is -0.332. The van der Waals surface area contributed by atoms with Crippen LogP contribution in [0, 0.1) is 13.8 Å². The summed E-state index contributed by atoms with van der Waals surface area (Å²) in [6, 6.07) is 6.15. The van der Waals surface area contributed by atoms with Gasteiger partial charge in [-0.05, 0) is 44.7 Å². The molecule has 0 aliphatic rings. The van der Waals surface area contributed by atoms with Gasteiger partial charge in [0.05, 0.1) is 12.9 Å². The smallest absolute Gasteiger partial charge is 0.318 e. The fraction of sp³-hybridized carbons (Fsp3) is 0.444. The first-order valence-electron chi connectivity index (χ1n) is 7.85. The van der Waals surface area contributed by atoms with Gasteiger partial charge in [0.25, 0.3) is 0 Å². The number of carbonyl (C=O) groups excluding carboxylic acids is 2. The summed E-state index contributed by atoms with van der Waals surface area (Å²) in [7, 11) is 1.36. The molecule has 0 saturated heterocycles. The molecule has 2 aromatic heterocycles. The second-order valence-electron chi connectivity index (χ2n) is 5.67. The van der Waals surface area contributed by atoms with Gasteiger partial charge in [0.15, 0.2) is 5.78 Å². The fourth-order valence-electron chi connectivity index (χ4n) is 2.62. The minimum Gasteiger partial charge on any atom is -0.468 e. The van der Waals surface area contributed by atoms with Gasteiger partial charge in [0, 0.05) is 28.4 Å². The number of aryl methyl sites for hydroxylation is 2. The molecule has 2 aromatic rings. The second-order valence-corrected chi connectivity index (χ2v) is 8.03. The molecule has 0 aliphatic heterocycles. The van der Waals surface area contributed by atoms with Gasteiger partial charge in [-0.1, -0.05) is 6.07 Å². The van der Waals surface area contributed by atoms with Crippen LogP contribution in [0.15, 0.2) is 23.6 Å². The fourth-order valence-corrected chi connectivity index (χ4v) is 4.10. The van der Waals surface area contributed by atoms with Gasteiger partial charge >= 0.3 is 5.97 Å². The zero-order valence-corrected chi connectivity index (χ0v) is 16.1. The zero-order chi connectivity index (χ0) is 17.7. The highest BCUT2D eigenvalue weighted by Crippen LogP contribution is 2.21. The van der Waals surface area contributed by atoms with E-state index in [1.807, 2.05) is 19.9 Å². The van der Waals surface area contributed by atoms with E-state index in [9.17, 15) is 9.59 Å². The van der Waals surface area contributed by atoms with Gasteiger partial charge in [0.2, 0.25) is 0 Å². The first-order chi connectivity index (χ1) is 11.4. The van der Waals surface area contributed by atoms with E-state index in [0.29, 0.717) is 0 Å². The molecule has 0 fully saturated rings. The van der Waals surface area contributed by atoms with Crippen molar-refractivity contribution >= 4 is 34.9 Å². The number of esters is 1. The Morgan fingerprint density at radius 3 is 2.75 bits per heavy atom. The largest absolute Gasteiger partial charge is 0.468 e. The van der Waals surface area contributed by atoms with Crippen molar-refractivity contribution in [1.29, 1.82) is 0 Å². The first kappa shape index (κ1) is 18.8. The van der Waals surface area contributed by atoms with Crippen LogP contribution in [0.4, 0.5) is 0 Å². The number of ketones is 1. The van der Waals surface area contributed by atoms with E-state index >= 15 is 0 Å². The maximum absolute atomic E-state index is 12.5. The SMILES string of the molecule is COC(=O)C(C)SCC(=O)c1cc(C)n(CCc2cccs2)c1C. The molecule has 0 bridgehead atoms. The highest BCUT2D eigenvalue weighted by atomic mass is 32.2. The van der Waals surface area contributed by atoms with Crippen molar-refractivity contribution in [3.05, 3.63) is 45.4 Å². The third-order valence-electron chi connectivity index (χ3n) is 4.03. The predicted octanol–water partition coefficient (Wildman–Crippen LogP) is 3.89. The molecule has 0 N–H and O–H groups in total. The monoisotopic (exact) mass is 365 g/mol. The van der Waals surface area contributed by atoms with Gasteiger partial charge in [-0.3, -0.25) is 9.59 Å². The molecule has 4 nitrogen and oxygen atoms in total. The number of ether oxygens (including phenoxy) is 1. The number of carbonyl (C=O) groups is 2. The summed E-state index contributed by atoms with van der Waals surface area (Å²) in [5.41, 5.74) is 2.85. The lowest BCUT2D eigenvalue weighted by molar-refractivity contribution is -0.139. The second kappa shape index (κ2) is 8.53. The summed E-state index contributed by atoms with van der Waals surface area (Å²) in [5, 5.41) is 1.75. The molecule has 0 aromatic carbocycles. The van der Waals surface area contributed by atoms with Crippen LogP contribution in [0.25, 0.3) is 0 Å². The number of nitrogens with zero attached hydrogens (tertiary/aromatic N) is 1. The van der Waals surface area contributed by atoms with Gasteiger partial charge in [-0.15, -0.1) is 23.1 Å². The van der Waals surface area contributed by atoms with Crippen LogP contribution in [0.3, 0.4) is 0 Å². The van der Waals surface area contributed by atoms with E-state index in [2.05, 4.69) is 22.1 Å². The third kappa shape index (κ3) is 4.51. The van der Waals surface area contributed by atoms with Crippen molar-refractivity contribution in [2.75, 3.05) is 12.9 Å². The van der Waals surface area contributed by atoms with Crippen LogP contribution in [0.2, 0.25) is 0 Å². The van der Waals surface area contributed by atoms with Gasteiger partial charge in [-0.2, -0.15) is 0 Å². The molecule has 130 valence electrons. The first-order valence-corrected chi connectivity index (χ1v) is 9.78. The van der Waals surface area contributed by atoms with E-state index in [0.717, 1.165) is 29.9 Å². The Kier molecular flexibility index (Phi) is 6.69. The summed E-state index contributed by atoms with van der Waals surface area (Å²) in [5.74, 6) is 0.0475. The van der Waals surface area contributed by atoms with E-state index < -0.39 is 0 Å². The third-order valence-corrected chi connectivity index (χ3v) is 6.09. The lowest BCUT2D eigenvalue weighted by Crippen LogP contribution is -2.17. The maximum Gasteiger partial charge on any atom is 0.318 e. The van der Waals surface area contributed by atoms with Crippen LogP contribution >= 0.6 is 23.1 Å². The van der Waals surface area contributed by atoms with Crippen molar-refractivity contribution in [1.82, 2.24) is 4.57 Å². The van der Waals surface area contributed by atoms with Crippen LogP contribution < -0.4 is 0 Å². The normalized spacial score (nSPS) is 12.2. The Morgan fingerprint density at radius 2 is 2.12 bits per heavy atom. The molecular formula is C18H23NO3S2. The standard InChI is InChI=1S/C18H23NO3S2/c1-12-10-16(17(20)11-24-14(3)18(21)22-4)13(2)19(12)8-7-15-6-5-9-23-15/h5-6,9-10,14H,7-8,11H2,1-4H3. The molecule has 24 heavy (non-hydrogen) atoms. The van der Waals surface area contributed by atoms with Crippen LogP contribution in [-0.2, 0) is 22.5 Å². The van der Waals surface area contributed by atoms with Crippen molar-refractivity contribution in [2.24, 2.45) is 0 Å². The molecule has 1 unspecified atom stereocenters. The highest BCUT2D eigenvalue weighted by Gasteiger charge is 2.19. The van der Waals surface area contributed by atoms with Crippen LogP contribution in [0.1, 0.15) is 33.5 Å². The van der Waals surface area contributed by atoms with Crippen LogP contribution in [0.5, 0.6) is 0 Å². The van der Waals surface area contributed by atoms with Gasteiger partial charge < -0.3 is 9.30 Å². The maximum atomic E-state index is 12.5. The van der Waals surface area contributed by atoms with Crippen molar-refractivity contribution < 1.29 is 14.3 Å². The zero-order valence-electron chi connectivity index (χ0n) is 14.5. The molecule has 0 saturated carbocycles. The van der Waals surface area contributed by atoms with E-state index in [4.69, 9.17) is 4.74 Å². The molecular weight excluding hydrogens is 342 g/mol. The summed E-state index contributed by atoms with van der Waals surface area (Å²) in [6.45, 7) is 6.65. The lowest BCUT2D eigenvalue weighted by atomic mass is 10.2. The Labute approximate surface area is 151 Å². The molecule has 2 heterocycles. The van der Waals surface area contributed by atoms with E-state index in [1.54, 1.807) is 18.3 Å². The number of thiophene rings is 1. The topological polar surface area (TPSA) is 48.3 Å². The number of aromatic nitrogens is 1. The van der Waals surface area contributed by atoms with Gasteiger partial charge in [-0.25, -0.2) is 0 Å². The predicted molar refractivity (Wildman–Crippen MR) is 100 cm³/mol. The number of hydrogen-bond acceptors (Lipinski definition) is 5. The number of rotatable bonds is 8. The summed E-state index contributed by atoms with van der Waals surface area (Å²) in [6.07, 6.45) is 0.968. The molecule has 6 heteroatoms. The molecule has 1 atom stereocenters. The molecule has 0 radical (unpaired) electrons. The van der Waals surface area contributed by atoms with Crippen molar-refractivity contribution in [2.45, 2.75) is 39.0 Å². The Bertz CT molecular complexity index is 704. The Hall–Kier alpha value is -1.53. The van der Waals surface area contributed by atoms with E-state index in [1.165, 1.54) is 23.7 Å². The summed E-state index contributed by atoms with van der Waals surface area (Å²) in [4.78, 5) is 25.3. The quantitative estimate of drug-likeness (QED) is 0.526. The average Bonchev–Trinajstić information content (AvgIpc) is 3.18. The number of Topliss-reactive ketones (excluding diaryl/α,β-unsaturated/α-hetero) is 1. The minimum absolute atomic E-state index is 0.0613.